The van der Waals surface area contributed by atoms with Crippen LogP contribution in [0.2, 0.25) is 0 Å². The molecule has 1 N–H and O–H groups in total. The second-order valence-corrected chi connectivity index (χ2v) is 7.55. The van der Waals surface area contributed by atoms with E-state index in [0.717, 1.165) is 35.7 Å². The van der Waals surface area contributed by atoms with Gasteiger partial charge in [-0.2, -0.15) is 0 Å². The standard InChI is InChI=1S/C23H29NO2/c1-17-11-18(2)13-22(12-17)23(25)26-16-21-9-7-20(8-10-21)15-24-14-19-5-3-4-6-19/h7-13,19,24H,3-6,14-16H2,1-2H3. The van der Waals surface area contributed by atoms with Gasteiger partial charge in [-0.25, -0.2) is 4.79 Å². The van der Waals surface area contributed by atoms with Crippen LogP contribution in [0.5, 0.6) is 0 Å². The number of esters is 1. The highest BCUT2D eigenvalue weighted by Crippen LogP contribution is 2.23. The lowest BCUT2D eigenvalue weighted by atomic mass is 10.1. The maximum Gasteiger partial charge on any atom is 0.338 e. The number of aryl methyl sites for hydroxylation is 2. The van der Waals surface area contributed by atoms with Crippen molar-refractivity contribution in [3.05, 3.63) is 70.3 Å². The molecule has 138 valence electrons. The van der Waals surface area contributed by atoms with Crippen LogP contribution in [0.1, 0.15) is 58.3 Å². The molecule has 2 aromatic rings. The second-order valence-electron chi connectivity index (χ2n) is 7.55. The molecule has 1 saturated carbocycles. The zero-order chi connectivity index (χ0) is 18.4. The fraction of sp³-hybridized carbons (Fsp3) is 0.435. The molecule has 2 aromatic carbocycles. The fourth-order valence-corrected chi connectivity index (χ4v) is 3.71. The quantitative estimate of drug-likeness (QED) is 0.718. The molecular formula is C23H29NO2. The summed E-state index contributed by atoms with van der Waals surface area (Å²) in [5.74, 6) is 0.595. The van der Waals surface area contributed by atoms with Crippen molar-refractivity contribution in [3.63, 3.8) is 0 Å². The molecule has 3 nitrogen and oxygen atoms in total. The van der Waals surface area contributed by atoms with Crippen molar-refractivity contribution in [3.8, 4) is 0 Å². The van der Waals surface area contributed by atoms with Crippen molar-refractivity contribution in [2.45, 2.75) is 52.7 Å². The van der Waals surface area contributed by atoms with E-state index in [1.807, 2.05) is 38.1 Å². The molecule has 1 aliphatic carbocycles. The van der Waals surface area contributed by atoms with Crippen molar-refractivity contribution in [2.24, 2.45) is 5.92 Å². The minimum absolute atomic E-state index is 0.265. The van der Waals surface area contributed by atoms with Gasteiger partial charge in [-0.15, -0.1) is 0 Å². The maximum atomic E-state index is 12.2. The zero-order valence-electron chi connectivity index (χ0n) is 15.9. The normalized spacial score (nSPS) is 14.5. The molecule has 0 amide bonds. The molecule has 1 aliphatic rings. The fourth-order valence-electron chi connectivity index (χ4n) is 3.71. The van der Waals surface area contributed by atoms with Crippen molar-refractivity contribution < 1.29 is 9.53 Å². The average molecular weight is 351 g/mol. The Hall–Kier alpha value is -2.13. The van der Waals surface area contributed by atoms with E-state index in [1.165, 1.54) is 31.2 Å². The molecule has 3 rings (SSSR count). The van der Waals surface area contributed by atoms with E-state index in [-0.39, 0.29) is 5.97 Å². The van der Waals surface area contributed by atoms with E-state index < -0.39 is 0 Å². The first-order valence-corrected chi connectivity index (χ1v) is 9.64. The second kappa shape index (κ2) is 9.00. The smallest absolute Gasteiger partial charge is 0.338 e. The third-order valence-corrected chi connectivity index (χ3v) is 5.09. The van der Waals surface area contributed by atoms with Crippen molar-refractivity contribution in [1.82, 2.24) is 5.32 Å². The van der Waals surface area contributed by atoms with Gasteiger partial charge in [0.1, 0.15) is 6.61 Å². The minimum atomic E-state index is -0.265. The summed E-state index contributed by atoms with van der Waals surface area (Å²) < 4.78 is 5.46. The van der Waals surface area contributed by atoms with E-state index >= 15 is 0 Å². The Morgan fingerprint density at radius 2 is 1.62 bits per heavy atom. The average Bonchev–Trinajstić information content (AvgIpc) is 3.13. The Bertz CT molecular complexity index is 710. The third kappa shape index (κ3) is 5.43. The highest BCUT2D eigenvalue weighted by atomic mass is 16.5. The lowest BCUT2D eigenvalue weighted by Crippen LogP contribution is -2.20. The first-order chi connectivity index (χ1) is 12.6. The Morgan fingerprint density at radius 1 is 1.00 bits per heavy atom. The van der Waals surface area contributed by atoms with Gasteiger partial charge in [-0.05, 0) is 62.4 Å². The predicted octanol–water partition coefficient (Wildman–Crippen LogP) is 4.94. The molecule has 0 spiro atoms. The van der Waals surface area contributed by atoms with Crippen LogP contribution < -0.4 is 5.32 Å². The third-order valence-electron chi connectivity index (χ3n) is 5.09. The number of rotatable bonds is 7. The summed E-state index contributed by atoms with van der Waals surface area (Å²) in [4.78, 5) is 12.2. The molecule has 1 fully saturated rings. The van der Waals surface area contributed by atoms with Crippen LogP contribution in [0.3, 0.4) is 0 Å². The van der Waals surface area contributed by atoms with Crippen LogP contribution >= 0.6 is 0 Å². The van der Waals surface area contributed by atoms with E-state index in [0.29, 0.717) is 12.2 Å². The van der Waals surface area contributed by atoms with Crippen LogP contribution in [0.25, 0.3) is 0 Å². The number of nitrogens with one attached hydrogen (secondary N) is 1. The van der Waals surface area contributed by atoms with Gasteiger partial charge in [0.05, 0.1) is 5.56 Å². The lowest BCUT2D eigenvalue weighted by molar-refractivity contribution is 0.0472. The SMILES string of the molecule is Cc1cc(C)cc(C(=O)OCc2ccc(CNCC3CCCC3)cc2)c1. The number of hydrogen-bond acceptors (Lipinski definition) is 3. The van der Waals surface area contributed by atoms with Crippen molar-refractivity contribution >= 4 is 5.97 Å². The van der Waals surface area contributed by atoms with Crippen LogP contribution in [0, 0.1) is 19.8 Å². The van der Waals surface area contributed by atoms with E-state index in [1.54, 1.807) is 0 Å². The first-order valence-electron chi connectivity index (χ1n) is 9.64. The molecule has 0 aromatic heterocycles. The summed E-state index contributed by atoms with van der Waals surface area (Å²) in [5, 5.41) is 3.56. The molecule has 0 radical (unpaired) electrons. The zero-order valence-corrected chi connectivity index (χ0v) is 15.9. The lowest BCUT2D eigenvalue weighted by Gasteiger charge is -2.11. The number of ether oxygens (including phenoxy) is 1. The van der Waals surface area contributed by atoms with Crippen LogP contribution in [-0.2, 0) is 17.9 Å². The van der Waals surface area contributed by atoms with Gasteiger partial charge in [0.2, 0.25) is 0 Å². The number of benzene rings is 2. The summed E-state index contributed by atoms with van der Waals surface area (Å²) in [6.45, 7) is 6.31. The van der Waals surface area contributed by atoms with Crippen LogP contribution in [-0.4, -0.2) is 12.5 Å². The minimum Gasteiger partial charge on any atom is -0.457 e. The first kappa shape index (κ1) is 18.7. The number of carbonyl (C=O) groups is 1. The van der Waals surface area contributed by atoms with Crippen molar-refractivity contribution in [1.29, 1.82) is 0 Å². The predicted molar refractivity (Wildman–Crippen MR) is 105 cm³/mol. The Morgan fingerprint density at radius 3 is 2.27 bits per heavy atom. The summed E-state index contributed by atoms with van der Waals surface area (Å²) >= 11 is 0. The van der Waals surface area contributed by atoms with Gasteiger partial charge >= 0.3 is 5.97 Å². The molecular weight excluding hydrogens is 322 g/mol. The molecule has 0 atom stereocenters. The largest absolute Gasteiger partial charge is 0.457 e. The van der Waals surface area contributed by atoms with E-state index in [2.05, 4.69) is 23.5 Å². The monoisotopic (exact) mass is 351 g/mol. The van der Waals surface area contributed by atoms with Gasteiger partial charge in [0.15, 0.2) is 0 Å². The summed E-state index contributed by atoms with van der Waals surface area (Å²) in [6.07, 6.45) is 5.53. The Balaban J connectivity index is 1.45. The van der Waals surface area contributed by atoms with E-state index in [4.69, 9.17) is 4.74 Å². The Labute approximate surface area is 156 Å². The molecule has 0 bridgehead atoms. The highest BCUT2D eigenvalue weighted by molar-refractivity contribution is 5.89. The van der Waals surface area contributed by atoms with Gasteiger partial charge in [0.25, 0.3) is 0 Å². The van der Waals surface area contributed by atoms with Gasteiger partial charge in [-0.1, -0.05) is 54.3 Å². The van der Waals surface area contributed by atoms with Crippen LogP contribution in [0.4, 0.5) is 0 Å². The van der Waals surface area contributed by atoms with Gasteiger partial charge in [0, 0.05) is 6.54 Å². The maximum absolute atomic E-state index is 12.2. The molecule has 26 heavy (non-hydrogen) atoms. The topological polar surface area (TPSA) is 38.3 Å². The summed E-state index contributed by atoms with van der Waals surface area (Å²) in [5.41, 5.74) is 5.06. The van der Waals surface area contributed by atoms with Crippen LogP contribution in [0.15, 0.2) is 42.5 Å². The molecule has 0 saturated heterocycles. The summed E-state index contributed by atoms with van der Waals surface area (Å²) in [6, 6.07) is 14.1. The molecule has 0 aliphatic heterocycles. The number of hydrogen-bond donors (Lipinski definition) is 1. The highest BCUT2D eigenvalue weighted by Gasteiger charge is 2.14. The molecule has 0 heterocycles. The summed E-state index contributed by atoms with van der Waals surface area (Å²) in [7, 11) is 0. The van der Waals surface area contributed by atoms with E-state index in [9.17, 15) is 4.79 Å². The number of carbonyl (C=O) groups excluding carboxylic acids is 1. The molecule has 3 heteroatoms. The molecule has 0 unspecified atom stereocenters. The van der Waals surface area contributed by atoms with Crippen molar-refractivity contribution in [2.75, 3.05) is 6.54 Å². The van der Waals surface area contributed by atoms with Gasteiger partial charge < -0.3 is 10.1 Å². The van der Waals surface area contributed by atoms with Gasteiger partial charge in [-0.3, -0.25) is 0 Å². The Kier molecular flexibility index (Phi) is 6.45.